The van der Waals surface area contributed by atoms with Crippen molar-refractivity contribution in [2.24, 2.45) is 5.92 Å². The van der Waals surface area contributed by atoms with Crippen LogP contribution in [-0.4, -0.2) is 32.0 Å². The van der Waals surface area contributed by atoms with Crippen molar-refractivity contribution in [1.82, 2.24) is 0 Å². The van der Waals surface area contributed by atoms with Gasteiger partial charge in [0.05, 0.1) is 37.7 Å². The summed E-state index contributed by atoms with van der Waals surface area (Å²) in [5.74, 6) is 1.20. The summed E-state index contributed by atoms with van der Waals surface area (Å²) in [6.45, 7) is 6.14. The van der Waals surface area contributed by atoms with Crippen LogP contribution in [0.5, 0.6) is 5.75 Å². The first kappa shape index (κ1) is 17.3. The molecule has 0 aliphatic carbocycles. The lowest BCUT2D eigenvalue weighted by atomic mass is 9.93. The minimum Gasteiger partial charge on any atom is -1.00 e. The lowest BCUT2D eigenvalue weighted by Gasteiger charge is -2.21. The van der Waals surface area contributed by atoms with Crippen LogP contribution in [0.1, 0.15) is 48.0 Å². The number of Topliss-reactive ketones (excluding diaryl/α,β-unsaturated/α-hetero) is 1. The first-order valence-electron chi connectivity index (χ1n) is 8.35. The average Bonchev–Trinajstić information content (AvgIpc) is 2.81. The van der Waals surface area contributed by atoms with E-state index in [-0.39, 0.29) is 18.3 Å². The third-order valence-corrected chi connectivity index (χ3v) is 4.84. The van der Waals surface area contributed by atoms with Crippen molar-refractivity contribution in [3.8, 4) is 5.75 Å². The molecule has 0 radical (unpaired) electrons. The number of benzene rings is 1. The summed E-state index contributed by atoms with van der Waals surface area (Å²) < 4.78 is 5.79. The van der Waals surface area contributed by atoms with E-state index in [1.807, 2.05) is 25.1 Å². The Morgan fingerprint density at radius 1 is 1.18 bits per heavy atom. The molecule has 1 unspecified atom stereocenters. The highest BCUT2D eigenvalue weighted by Gasteiger charge is 2.30. The van der Waals surface area contributed by atoms with Crippen LogP contribution in [0.25, 0.3) is 0 Å². The van der Waals surface area contributed by atoms with E-state index in [4.69, 9.17) is 4.74 Å². The molecule has 2 aliphatic rings. The molecule has 2 heterocycles. The number of aryl methyl sites for hydroxylation is 1. The Morgan fingerprint density at radius 2 is 1.91 bits per heavy atom. The van der Waals surface area contributed by atoms with Gasteiger partial charge in [0, 0.05) is 0 Å². The van der Waals surface area contributed by atoms with Crippen molar-refractivity contribution >= 4 is 5.78 Å². The highest BCUT2D eigenvalue weighted by Crippen LogP contribution is 2.27. The van der Waals surface area contributed by atoms with Crippen LogP contribution in [0.2, 0.25) is 0 Å². The van der Waals surface area contributed by atoms with Crippen molar-refractivity contribution in [3.63, 3.8) is 0 Å². The summed E-state index contributed by atoms with van der Waals surface area (Å²) in [4.78, 5) is 14.5. The third-order valence-electron chi connectivity index (χ3n) is 4.84. The number of fused-ring (bicyclic) bond motifs is 1. The van der Waals surface area contributed by atoms with Gasteiger partial charge in [0.15, 0.2) is 5.78 Å². The molecule has 0 aromatic heterocycles. The van der Waals surface area contributed by atoms with E-state index in [2.05, 4.69) is 0 Å². The van der Waals surface area contributed by atoms with Gasteiger partial charge in [-0.05, 0) is 51.2 Å². The van der Waals surface area contributed by atoms with Crippen LogP contribution in [0.4, 0.5) is 0 Å². The van der Waals surface area contributed by atoms with E-state index in [0.29, 0.717) is 12.4 Å². The smallest absolute Gasteiger partial charge is 0.175 e. The van der Waals surface area contributed by atoms with E-state index in [1.165, 1.54) is 38.8 Å². The van der Waals surface area contributed by atoms with Gasteiger partial charge in [0.25, 0.3) is 0 Å². The number of ketones is 1. The summed E-state index contributed by atoms with van der Waals surface area (Å²) in [5.41, 5.74) is 1.93. The van der Waals surface area contributed by atoms with Gasteiger partial charge in [-0.1, -0.05) is 11.6 Å². The van der Waals surface area contributed by atoms with E-state index in [1.54, 1.807) is 4.90 Å². The highest BCUT2D eigenvalue weighted by molar-refractivity contribution is 6.00. The maximum atomic E-state index is 12.9. The molecule has 3 rings (SSSR count). The van der Waals surface area contributed by atoms with Crippen molar-refractivity contribution < 1.29 is 26.8 Å². The zero-order chi connectivity index (χ0) is 14.7. The zero-order valence-corrected chi connectivity index (χ0v) is 14.1. The fourth-order valence-electron chi connectivity index (χ4n) is 3.60. The fourth-order valence-corrected chi connectivity index (χ4v) is 3.60. The lowest BCUT2D eigenvalue weighted by molar-refractivity contribution is -0.901. The largest absolute Gasteiger partial charge is 1.00 e. The molecule has 0 saturated carbocycles. The molecule has 1 aromatic rings. The lowest BCUT2D eigenvalue weighted by Crippen LogP contribution is -3.12. The minimum absolute atomic E-state index is 0. The number of quaternary nitrogens is 1. The Hall–Kier alpha value is -1.06. The molecule has 122 valence electrons. The number of hydrogen-bond acceptors (Lipinski definition) is 2. The second kappa shape index (κ2) is 7.98. The van der Waals surface area contributed by atoms with Gasteiger partial charge >= 0.3 is 0 Å². The molecule has 0 bridgehead atoms. The van der Waals surface area contributed by atoms with E-state index < -0.39 is 0 Å². The van der Waals surface area contributed by atoms with Crippen LogP contribution >= 0.6 is 0 Å². The quantitative estimate of drug-likeness (QED) is 0.760. The predicted molar refractivity (Wildman–Crippen MR) is 83.1 cm³/mol. The SMILES string of the molecule is Cc1ccc2c(c1)C(=O)C(C[NH+]1CCCCCC1)CCO2.[Cl-]. The van der Waals surface area contributed by atoms with Crippen LogP contribution in [0.3, 0.4) is 0 Å². The second-order valence-corrected chi connectivity index (χ2v) is 6.57. The molecule has 0 amide bonds. The first-order chi connectivity index (χ1) is 10.2. The standard InChI is InChI=1S/C18H25NO2.ClH/c1-14-6-7-17-16(12-14)18(20)15(8-11-21-17)13-19-9-4-2-3-5-10-19;/h6-7,12,15H,2-5,8-11,13H2,1H3;1H. The summed E-state index contributed by atoms with van der Waals surface area (Å²) >= 11 is 0. The van der Waals surface area contributed by atoms with Crippen molar-refractivity contribution in [3.05, 3.63) is 29.3 Å². The van der Waals surface area contributed by atoms with Gasteiger partial charge in [-0.3, -0.25) is 4.79 Å². The Kier molecular flexibility index (Phi) is 6.27. The number of carbonyl (C=O) groups is 1. The predicted octanol–water partition coefficient (Wildman–Crippen LogP) is -0.961. The van der Waals surface area contributed by atoms with Crippen molar-refractivity contribution in [1.29, 1.82) is 0 Å². The molecule has 0 spiro atoms. The van der Waals surface area contributed by atoms with Crippen LogP contribution in [-0.2, 0) is 0 Å². The molecule has 22 heavy (non-hydrogen) atoms. The zero-order valence-electron chi connectivity index (χ0n) is 13.4. The molecule has 3 nitrogen and oxygen atoms in total. The first-order valence-corrected chi connectivity index (χ1v) is 8.35. The highest BCUT2D eigenvalue weighted by atomic mass is 35.5. The van der Waals surface area contributed by atoms with Gasteiger partial charge in [0.2, 0.25) is 0 Å². The molecule has 2 aliphatic heterocycles. The number of rotatable bonds is 2. The van der Waals surface area contributed by atoms with E-state index in [9.17, 15) is 4.79 Å². The summed E-state index contributed by atoms with van der Waals surface area (Å²) in [5, 5.41) is 0. The maximum absolute atomic E-state index is 12.9. The van der Waals surface area contributed by atoms with Gasteiger partial charge in [-0.2, -0.15) is 0 Å². The Balaban J connectivity index is 0.00000176. The van der Waals surface area contributed by atoms with Crippen molar-refractivity contribution in [2.75, 3.05) is 26.2 Å². The summed E-state index contributed by atoms with van der Waals surface area (Å²) in [7, 11) is 0. The normalized spacial score (nSPS) is 22.8. The van der Waals surface area contributed by atoms with Crippen LogP contribution in [0, 0.1) is 12.8 Å². The van der Waals surface area contributed by atoms with Gasteiger partial charge in [-0.15, -0.1) is 0 Å². The monoisotopic (exact) mass is 323 g/mol. The molecule has 1 aromatic carbocycles. The number of nitrogens with one attached hydrogen (secondary N) is 1. The maximum Gasteiger partial charge on any atom is 0.175 e. The van der Waals surface area contributed by atoms with Gasteiger partial charge in [0.1, 0.15) is 5.75 Å². The number of halogens is 1. The summed E-state index contributed by atoms with van der Waals surface area (Å²) in [6.07, 6.45) is 6.18. The topological polar surface area (TPSA) is 30.7 Å². The summed E-state index contributed by atoms with van der Waals surface area (Å²) in [6, 6.07) is 5.96. The Labute approximate surface area is 139 Å². The Morgan fingerprint density at radius 3 is 2.64 bits per heavy atom. The fraction of sp³-hybridized carbons (Fsp3) is 0.611. The molecule has 1 N–H and O–H groups in total. The van der Waals surface area contributed by atoms with Gasteiger partial charge < -0.3 is 22.0 Å². The number of likely N-dealkylation sites (tertiary alicyclic amines) is 1. The molecular weight excluding hydrogens is 298 g/mol. The molecule has 4 heteroatoms. The average molecular weight is 324 g/mol. The molecule has 1 atom stereocenters. The Bertz CT molecular complexity index is 510. The number of carbonyl (C=O) groups excluding carboxylic acids is 1. The number of ether oxygens (including phenoxy) is 1. The third kappa shape index (κ3) is 4.02. The number of hydrogen-bond donors (Lipinski definition) is 1. The van der Waals surface area contributed by atoms with Gasteiger partial charge in [-0.25, -0.2) is 0 Å². The minimum atomic E-state index is 0. The van der Waals surface area contributed by atoms with Crippen molar-refractivity contribution in [2.45, 2.75) is 39.0 Å². The van der Waals surface area contributed by atoms with Crippen LogP contribution in [0.15, 0.2) is 18.2 Å². The van der Waals surface area contributed by atoms with E-state index >= 15 is 0 Å². The van der Waals surface area contributed by atoms with E-state index in [0.717, 1.165) is 29.8 Å². The molecule has 1 saturated heterocycles. The second-order valence-electron chi connectivity index (χ2n) is 6.57. The molecular formula is C18H26ClNO2. The molecule has 1 fully saturated rings. The van der Waals surface area contributed by atoms with Crippen LogP contribution < -0.4 is 22.0 Å².